The van der Waals surface area contributed by atoms with Crippen LogP contribution in [0.1, 0.15) is 67.6 Å². The molecule has 0 aliphatic heterocycles. The van der Waals surface area contributed by atoms with E-state index in [9.17, 15) is 4.79 Å². The third kappa shape index (κ3) is 5.03. The molecule has 3 atom stereocenters. The van der Waals surface area contributed by atoms with Crippen molar-refractivity contribution in [1.29, 1.82) is 0 Å². The van der Waals surface area contributed by atoms with Crippen LogP contribution in [-0.2, 0) is 11.2 Å². The lowest BCUT2D eigenvalue weighted by Crippen LogP contribution is -2.12. The van der Waals surface area contributed by atoms with Gasteiger partial charge in [0.15, 0.2) is 0 Å². The van der Waals surface area contributed by atoms with Crippen LogP contribution in [0.5, 0.6) is 0 Å². The normalized spacial score (nSPS) is 25.0. The van der Waals surface area contributed by atoms with Crippen molar-refractivity contribution >= 4 is 5.78 Å². The number of allylic oxidation sites excluding steroid dienone is 7. The zero-order valence-corrected chi connectivity index (χ0v) is 19.5. The predicted octanol–water partition coefficient (Wildman–Crippen LogP) is 7.90. The zero-order chi connectivity index (χ0) is 22.6. The maximum absolute atomic E-state index is 13.0. The fourth-order valence-corrected chi connectivity index (χ4v) is 5.98. The van der Waals surface area contributed by atoms with Gasteiger partial charge in [-0.3, -0.25) is 4.79 Å². The van der Waals surface area contributed by atoms with Crippen molar-refractivity contribution in [2.45, 2.75) is 57.3 Å². The summed E-state index contributed by atoms with van der Waals surface area (Å²) < 4.78 is 0. The molecule has 1 saturated carbocycles. The maximum Gasteiger partial charge on any atom is 0.140 e. The molecular weight excluding hydrogens is 400 g/mol. The van der Waals surface area contributed by atoms with E-state index < -0.39 is 0 Å². The lowest BCUT2D eigenvalue weighted by Gasteiger charge is -2.22. The van der Waals surface area contributed by atoms with Gasteiger partial charge in [-0.15, -0.1) is 0 Å². The Bertz CT molecular complexity index is 1100. The summed E-state index contributed by atoms with van der Waals surface area (Å²) in [5.41, 5.74) is 7.88. The third-order valence-electron chi connectivity index (χ3n) is 7.95. The van der Waals surface area contributed by atoms with Gasteiger partial charge < -0.3 is 0 Å². The van der Waals surface area contributed by atoms with Crippen LogP contribution in [0, 0.1) is 11.8 Å². The van der Waals surface area contributed by atoms with Crippen LogP contribution < -0.4 is 0 Å². The molecule has 0 aromatic heterocycles. The lowest BCUT2D eigenvalue weighted by molar-refractivity contribution is -0.118. The Hall–Kier alpha value is -2.93. The number of hydrogen-bond donors (Lipinski definition) is 0. The van der Waals surface area contributed by atoms with Gasteiger partial charge in [-0.25, -0.2) is 0 Å². The Labute approximate surface area is 198 Å². The molecule has 5 rings (SSSR count). The van der Waals surface area contributed by atoms with E-state index in [1.807, 2.05) is 0 Å². The molecule has 168 valence electrons. The molecule has 3 aliphatic rings. The monoisotopic (exact) mass is 434 g/mol. The molecule has 2 aromatic carbocycles. The highest BCUT2D eigenvalue weighted by molar-refractivity contribution is 5.88. The molecule has 0 amide bonds. The molecule has 0 heterocycles. The lowest BCUT2D eigenvalue weighted by atomic mass is 9.83. The molecule has 0 bridgehead atoms. The van der Waals surface area contributed by atoms with Gasteiger partial charge in [0.1, 0.15) is 5.78 Å². The van der Waals surface area contributed by atoms with Crippen LogP contribution in [0.4, 0.5) is 0 Å². The summed E-state index contributed by atoms with van der Waals surface area (Å²) in [6, 6.07) is 19.4. The van der Waals surface area contributed by atoms with Gasteiger partial charge in [0, 0.05) is 12.3 Å². The largest absolute Gasteiger partial charge is 0.299 e. The summed E-state index contributed by atoms with van der Waals surface area (Å²) >= 11 is 0. The average molecular weight is 435 g/mol. The fraction of sp³-hybridized carbons (Fsp3) is 0.344. The maximum atomic E-state index is 13.0. The Morgan fingerprint density at radius 3 is 2.45 bits per heavy atom. The predicted molar refractivity (Wildman–Crippen MR) is 137 cm³/mol. The molecule has 1 heteroatoms. The summed E-state index contributed by atoms with van der Waals surface area (Å²) in [5.74, 6) is 1.70. The molecule has 0 radical (unpaired) electrons. The van der Waals surface area contributed by atoms with Gasteiger partial charge in [-0.05, 0) is 90.2 Å². The minimum Gasteiger partial charge on any atom is -0.299 e. The van der Waals surface area contributed by atoms with Gasteiger partial charge in [-0.1, -0.05) is 85.5 Å². The van der Waals surface area contributed by atoms with E-state index in [1.54, 1.807) is 0 Å². The highest BCUT2D eigenvalue weighted by Gasteiger charge is 2.37. The van der Waals surface area contributed by atoms with E-state index in [0.717, 1.165) is 38.5 Å². The quantitative estimate of drug-likeness (QED) is 0.451. The molecule has 1 fully saturated rings. The van der Waals surface area contributed by atoms with Crippen molar-refractivity contribution in [3.8, 4) is 0 Å². The van der Waals surface area contributed by atoms with Crippen molar-refractivity contribution in [2.75, 3.05) is 0 Å². The highest BCUT2D eigenvalue weighted by Crippen LogP contribution is 2.44. The second-order valence-electron chi connectivity index (χ2n) is 10.0. The first kappa shape index (κ1) is 21.9. The molecule has 3 unspecified atom stereocenters. The average Bonchev–Trinajstić information content (AvgIpc) is 3.44. The van der Waals surface area contributed by atoms with Gasteiger partial charge in [0.05, 0.1) is 0 Å². The first-order chi connectivity index (χ1) is 16.2. The summed E-state index contributed by atoms with van der Waals surface area (Å²) in [7, 11) is 0. The molecular formula is C32H34O. The van der Waals surface area contributed by atoms with Crippen LogP contribution in [0.2, 0.25) is 0 Å². The number of carbonyl (C=O) groups excluding carboxylic acids is 1. The number of rotatable bonds is 6. The van der Waals surface area contributed by atoms with Gasteiger partial charge in [0.2, 0.25) is 0 Å². The Morgan fingerprint density at radius 2 is 1.70 bits per heavy atom. The standard InChI is InChI=1S/C32H34O/c1-23(26-10-5-6-11-26)27-12-7-13-28(19-18-27)30-21-31(32(33)22-30)29-16-14-25(15-17-29)20-24-8-3-2-4-9-24/h2-6,8-10,12,14-17,28,30-31H,1,7,11,13,18-22H2. The van der Waals surface area contributed by atoms with Gasteiger partial charge in [0.25, 0.3) is 0 Å². The zero-order valence-electron chi connectivity index (χ0n) is 19.5. The molecule has 0 saturated heterocycles. The van der Waals surface area contributed by atoms with Crippen LogP contribution in [-0.4, -0.2) is 5.78 Å². The smallest absolute Gasteiger partial charge is 0.140 e. The van der Waals surface area contributed by atoms with E-state index in [-0.39, 0.29) is 5.92 Å². The number of hydrogen-bond acceptors (Lipinski definition) is 1. The summed E-state index contributed by atoms with van der Waals surface area (Å²) in [5, 5.41) is 0. The van der Waals surface area contributed by atoms with Gasteiger partial charge in [-0.2, -0.15) is 0 Å². The van der Waals surface area contributed by atoms with Gasteiger partial charge >= 0.3 is 0 Å². The topological polar surface area (TPSA) is 17.1 Å². The highest BCUT2D eigenvalue weighted by atomic mass is 16.1. The summed E-state index contributed by atoms with van der Waals surface area (Å²) in [6.07, 6.45) is 17.3. The first-order valence-electron chi connectivity index (χ1n) is 12.6. The molecule has 1 nitrogen and oxygen atoms in total. The van der Waals surface area contributed by atoms with E-state index in [1.165, 1.54) is 46.3 Å². The summed E-state index contributed by atoms with van der Waals surface area (Å²) in [6.45, 7) is 4.39. The van der Waals surface area contributed by atoms with Crippen LogP contribution in [0.3, 0.4) is 0 Å². The Morgan fingerprint density at radius 1 is 0.909 bits per heavy atom. The van der Waals surface area contributed by atoms with Crippen molar-refractivity contribution in [3.63, 3.8) is 0 Å². The number of benzene rings is 2. The van der Waals surface area contributed by atoms with Crippen LogP contribution in [0.15, 0.2) is 102 Å². The number of Topliss-reactive ketones (excluding diaryl/α,β-unsaturated/α-hetero) is 1. The van der Waals surface area contributed by atoms with Crippen molar-refractivity contribution in [1.82, 2.24) is 0 Å². The van der Waals surface area contributed by atoms with E-state index in [2.05, 4.69) is 85.5 Å². The molecule has 2 aromatic rings. The van der Waals surface area contributed by atoms with E-state index >= 15 is 0 Å². The second-order valence-corrected chi connectivity index (χ2v) is 10.0. The molecule has 3 aliphatic carbocycles. The SMILES string of the molecule is C=C(C1=CC=CC1)C1=CCCC(C2CC(=O)C(c3ccc(Cc4ccccc4)cc3)C2)CC1. The Kier molecular flexibility index (Phi) is 6.58. The van der Waals surface area contributed by atoms with E-state index in [4.69, 9.17) is 0 Å². The van der Waals surface area contributed by atoms with Crippen molar-refractivity contribution in [2.24, 2.45) is 11.8 Å². The minimum atomic E-state index is 0.0844. The number of carbonyl (C=O) groups is 1. The fourth-order valence-electron chi connectivity index (χ4n) is 5.98. The van der Waals surface area contributed by atoms with Crippen LogP contribution >= 0.6 is 0 Å². The molecule has 33 heavy (non-hydrogen) atoms. The minimum absolute atomic E-state index is 0.0844. The Balaban J connectivity index is 1.19. The van der Waals surface area contributed by atoms with E-state index in [0.29, 0.717) is 17.6 Å². The van der Waals surface area contributed by atoms with Crippen molar-refractivity contribution < 1.29 is 4.79 Å². The number of ketones is 1. The molecule has 0 spiro atoms. The molecule has 0 N–H and O–H groups in total. The summed E-state index contributed by atoms with van der Waals surface area (Å²) in [4.78, 5) is 13.0. The second kappa shape index (κ2) is 9.91. The first-order valence-corrected chi connectivity index (χ1v) is 12.6. The third-order valence-corrected chi connectivity index (χ3v) is 7.95. The van der Waals surface area contributed by atoms with Crippen LogP contribution in [0.25, 0.3) is 0 Å². The van der Waals surface area contributed by atoms with Crippen molar-refractivity contribution in [3.05, 3.63) is 119 Å².